The Morgan fingerprint density at radius 2 is 2.40 bits per heavy atom. The molecule has 2 aromatic heterocycles. The van der Waals surface area contributed by atoms with E-state index in [0.717, 1.165) is 5.69 Å². The van der Waals surface area contributed by atoms with Crippen LogP contribution < -0.4 is 0 Å². The summed E-state index contributed by atoms with van der Waals surface area (Å²) in [6.45, 7) is 3.95. The van der Waals surface area contributed by atoms with Crippen LogP contribution in [-0.4, -0.2) is 27.2 Å². The number of hydrogen-bond donors (Lipinski definition) is 0. The molecule has 0 aliphatic heterocycles. The number of ether oxygens (including phenoxy) is 1. The normalized spacial score (nSPS) is 10.5. The van der Waals surface area contributed by atoms with Gasteiger partial charge in [0, 0.05) is 12.4 Å². The summed E-state index contributed by atoms with van der Waals surface area (Å²) in [7, 11) is 0. The zero-order valence-electron chi connectivity index (χ0n) is 8.60. The van der Waals surface area contributed by atoms with Crippen LogP contribution in [-0.2, 0) is 4.74 Å². The van der Waals surface area contributed by atoms with Gasteiger partial charge in [0.1, 0.15) is 5.56 Å². The van der Waals surface area contributed by atoms with Crippen molar-refractivity contribution in [1.82, 2.24) is 14.6 Å². The topological polar surface area (TPSA) is 56.5 Å². The van der Waals surface area contributed by atoms with E-state index in [2.05, 4.69) is 10.1 Å². The third-order valence-corrected chi connectivity index (χ3v) is 1.98. The van der Waals surface area contributed by atoms with Crippen molar-refractivity contribution in [3.63, 3.8) is 0 Å². The fourth-order valence-electron chi connectivity index (χ4n) is 1.40. The maximum atomic E-state index is 11.6. The molecule has 2 rings (SSSR count). The standard InChI is InChI=1S/C10H11N3O2/c1-3-15-10(14)8-6-7(2)12-13-5-4-11-9(8)13/h4-6H,3H2,1-2H3. The average Bonchev–Trinajstić information content (AvgIpc) is 2.64. The molecular formula is C10H11N3O2. The van der Waals surface area contributed by atoms with Crippen molar-refractivity contribution in [3.8, 4) is 0 Å². The van der Waals surface area contributed by atoms with E-state index in [9.17, 15) is 4.79 Å². The van der Waals surface area contributed by atoms with Crippen LogP contribution in [0.25, 0.3) is 5.65 Å². The Labute approximate surface area is 86.7 Å². The van der Waals surface area contributed by atoms with Crippen LogP contribution in [0.15, 0.2) is 18.5 Å². The Bertz CT molecular complexity index is 504. The van der Waals surface area contributed by atoms with Crippen LogP contribution in [0.1, 0.15) is 23.0 Å². The molecule has 0 saturated carbocycles. The monoisotopic (exact) mass is 205 g/mol. The number of nitrogens with zero attached hydrogens (tertiary/aromatic N) is 3. The first-order chi connectivity index (χ1) is 7.22. The summed E-state index contributed by atoms with van der Waals surface area (Å²) < 4.78 is 6.51. The maximum absolute atomic E-state index is 11.6. The second kappa shape index (κ2) is 3.68. The Morgan fingerprint density at radius 3 is 3.13 bits per heavy atom. The fourth-order valence-corrected chi connectivity index (χ4v) is 1.40. The molecule has 0 atom stereocenters. The van der Waals surface area contributed by atoms with Crippen LogP contribution in [0.3, 0.4) is 0 Å². The Hall–Kier alpha value is -1.91. The molecule has 5 nitrogen and oxygen atoms in total. The molecule has 0 saturated heterocycles. The van der Waals surface area contributed by atoms with Crippen LogP contribution in [0.5, 0.6) is 0 Å². The molecule has 2 aromatic rings. The van der Waals surface area contributed by atoms with Gasteiger partial charge in [-0.15, -0.1) is 0 Å². The van der Waals surface area contributed by atoms with Gasteiger partial charge in [-0.1, -0.05) is 0 Å². The van der Waals surface area contributed by atoms with Gasteiger partial charge >= 0.3 is 5.97 Å². The third kappa shape index (κ3) is 1.68. The van der Waals surface area contributed by atoms with Gasteiger partial charge in [0.05, 0.1) is 12.3 Å². The van der Waals surface area contributed by atoms with E-state index < -0.39 is 0 Å². The van der Waals surface area contributed by atoms with Crippen LogP contribution in [0, 0.1) is 6.92 Å². The molecule has 78 valence electrons. The molecule has 0 radical (unpaired) electrons. The molecule has 0 aromatic carbocycles. The van der Waals surface area contributed by atoms with Gasteiger partial charge in [0.2, 0.25) is 0 Å². The maximum Gasteiger partial charge on any atom is 0.342 e. The minimum Gasteiger partial charge on any atom is -0.462 e. The van der Waals surface area contributed by atoms with E-state index in [4.69, 9.17) is 4.74 Å². The predicted molar refractivity (Wildman–Crippen MR) is 53.7 cm³/mol. The molecule has 0 amide bonds. The molecule has 15 heavy (non-hydrogen) atoms. The minimum absolute atomic E-state index is 0.354. The van der Waals surface area contributed by atoms with Gasteiger partial charge in [0.25, 0.3) is 0 Å². The average molecular weight is 205 g/mol. The van der Waals surface area contributed by atoms with Gasteiger partial charge in [-0.05, 0) is 19.9 Å². The van der Waals surface area contributed by atoms with Gasteiger partial charge < -0.3 is 4.74 Å². The Balaban J connectivity index is 2.57. The Kier molecular flexibility index (Phi) is 2.37. The first kappa shape index (κ1) is 9.64. The van der Waals surface area contributed by atoms with Crippen LogP contribution in [0.4, 0.5) is 0 Å². The van der Waals surface area contributed by atoms with Crippen molar-refractivity contribution in [1.29, 1.82) is 0 Å². The highest BCUT2D eigenvalue weighted by atomic mass is 16.5. The number of carbonyl (C=O) groups excluding carboxylic acids is 1. The smallest absolute Gasteiger partial charge is 0.342 e. The lowest BCUT2D eigenvalue weighted by Gasteiger charge is -2.04. The highest BCUT2D eigenvalue weighted by Gasteiger charge is 2.13. The van der Waals surface area contributed by atoms with Gasteiger partial charge in [-0.3, -0.25) is 0 Å². The van der Waals surface area contributed by atoms with Crippen molar-refractivity contribution in [2.75, 3.05) is 6.61 Å². The summed E-state index contributed by atoms with van der Waals surface area (Å²) in [6, 6.07) is 1.68. The highest BCUT2D eigenvalue weighted by molar-refractivity contribution is 5.95. The molecule has 0 aliphatic carbocycles. The summed E-state index contributed by atoms with van der Waals surface area (Å²) >= 11 is 0. The number of esters is 1. The largest absolute Gasteiger partial charge is 0.462 e. The molecule has 0 N–H and O–H groups in total. The lowest BCUT2D eigenvalue weighted by atomic mass is 10.2. The van der Waals surface area contributed by atoms with E-state index in [1.165, 1.54) is 0 Å². The van der Waals surface area contributed by atoms with E-state index >= 15 is 0 Å². The van der Waals surface area contributed by atoms with Crippen molar-refractivity contribution in [2.24, 2.45) is 0 Å². The number of imidazole rings is 1. The van der Waals surface area contributed by atoms with E-state index in [0.29, 0.717) is 17.8 Å². The molecule has 5 heteroatoms. The van der Waals surface area contributed by atoms with Gasteiger partial charge in [-0.2, -0.15) is 5.10 Å². The summed E-state index contributed by atoms with van der Waals surface area (Å²) in [5.74, 6) is -0.362. The van der Waals surface area contributed by atoms with Crippen LogP contribution in [0.2, 0.25) is 0 Å². The zero-order chi connectivity index (χ0) is 10.8. The third-order valence-electron chi connectivity index (χ3n) is 1.98. The van der Waals surface area contributed by atoms with Crippen molar-refractivity contribution < 1.29 is 9.53 Å². The van der Waals surface area contributed by atoms with Crippen molar-refractivity contribution >= 4 is 11.6 Å². The van der Waals surface area contributed by atoms with E-state index in [1.807, 2.05) is 6.92 Å². The predicted octanol–water partition coefficient (Wildman–Crippen LogP) is 1.21. The molecule has 2 heterocycles. The summed E-state index contributed by atoms with van der Waals surface area (Å²) in [6.07, 6.45) is 3.30. The zero-order valence-corrected chi connectivity index (χ0v) is 8.60. The summed E-state index contributed by atoms with van der Waals surface area (Å²) in [5.41, 5.74) is 1.73. The molecule has 0 spiro atoms. The van der Waals surface area contributed by atoms with Crippen LogP contribution >= 0.6 is 0 Å². The number of rotatable bonds is 2. The lowest BCUT2D eigenvalue weighted by Crippen LogP contribution is -2.09. The number of carbonyl (C=O) groups is 1. The second-order valence-electron chi connectivity index (χ2n) is 3.12. The molecular weight excluding hydrogens is 194 g/mol. The summed E-state index contributed by atoms with van der Waals surface area (Å²) in [4.78, 5) is 15.7. The number of aromatic nitrogens is 3. The molecule has 0 aliphatic rings. The Morgan fingerprint density at radius 1 is 1.60 bits per heavy atom. The first-order valence-electron chi connectivity index (χ1n) is 4.70. The van der Waals surface area contributed by atoms with E-state index in [1.54, 1.807) is 29.9 Å². The van der Waals surface area contributed by atoms with Gasteiger partial charge in [0.15, 0.2) is 5.65 Å². The number of hydrogen-bond acceptors (Lipinski definition) is 4. The lowest BCUT2D eigenvalue weighted by molar-refractivity contribution is 0.0527. The molecule has 0 bridgehead atoms. The van der Waals surface area contributed by atoms with Crippen molar-refractivity contribution in [3.05, 3.63) is 29.7 Å². The molecule has 0 unspecified atom stereocenters. The quantitative estimate of drug-likeness (QED) is 0.691. The summed E-state index contributed by atoms with van der Waals surface area (Å²) in [5, 5.41) is 4.19. The SMILES string of the molecule is CCOC(=O)c1cc(C)nn2ccnc12. The second-order valence-corrected chi connectivity index (χ2v) is 3.12. The minimum atomic E-state index is -0.362. The molecule has 0 fully saturated rings. The van der Waals surface area contributed by atoms with Crippen molar-refractivity contribution in [2.45, 2.75) is 13.8 Å². The number of fused-ring (bicyclic) bond motifs is 1. The highest BCUT2D eigenvalue weighted by Crippen LogP contribution is 2.10. The fraction of sp³-hybridized carbons (Fsp3) is 0.300. The number of aryl methyl sites for hydroxylation is 1. The van der Waals surface area contributed by atoms with E-state index in [-0.39, 0.29) is 5.97 Å². The first-order valence-corrected chi connectivity index (χ1v) is 4.70. The van der Waals surface area contributed by atoms with Gasteiger partial charge in [-0.25, -0.2) is 14.3 Å².